The van der Waals surface area contributed by atoms with Gasteiger partial charge in [0.05, 0.1) is 7.11 Å². The van der Waals surface area contributed by atoms with Crippen LogP contribution in [0.4, 0.5) is 5.69 Å². The van der Waals surface area contributed by atoms with Gasteiger partial charge >= 0.3 is 0 Å². The SMILES string of the molecule is COc1cccc(NC(=O)C(c2ccccc2)N2CCN(C(=O)c3ccc(C)o3)CC2)c1. The third kappa shape index (κ3) is 4.84. The number of nitrogens with zero attached hydrogens (tertiary/aromatic N) is 2. The molecule has 0 bridgehead atoms. The van der Waals surface area contributed by atoms with Crippen LogP contribution in [0.25, 0.3) is 0 Å². The summed E-state index contributed by atoms with van der Waals surface area (Å²) < 4.78 is 10.7. The molecule has 1 aliphatic heterocycles. The Hall–Kier alpha value is -3.58. The second-order valence-electron chi connectivity index (χ2n) is 7.77. The van der Waals surface area contributed by atoms with Crippen LogP contribution in [0.3, 0.4) is 0 Å². The molecule has 2 amide bonds. The Balaban J connectivity index is 1.49. The maximum Gasteiger partial charge on any atom is 0.289 e. The van der Waals surface area contributed by atoms with Crippen molar-refractivity contribution in [2.75, 3.05) is 38.6 Å². The summed E-state index contributed by atoms with van der Waals surface area (Å²) in [5.74, 6) is 1.51. The van der Waals surface area contributed by atoms with E-state index in [1.165, 1.54) is 0 Å². The number of carbonyl (C=O) groups is 2. The average molecular weight is 434 g/mol. The molecule has 1 fully saturated rings. The van der Waals surface area contributed by atoms with Crippen LogP contribution in [0.1, 0.15) is 27.9 Å². The number of aryl methyl sites for hydroxylation is 1. The third-order valence-electron chi connectivity index (χ3n) is 5.62. The highest BCUT2D eigenvalue weighted by atomic mass is 16.5. The summed E-state index contributed by atoms with van der Waals surface area (Å²) in [6.07, 6.45) is 0. The number of hydrogen-bond acceptors (Lipinski definition) is 5. The number of nitrogens with one attached hydrogen (secondary N) is 1. The number of piperazine rings is 1. The van der Waals surface area contributed by atoms with Crippen LogP contribution in [0.2, 0.25) is 0 Å². The van der Waals surface area contributed by atoms with E-state index < -0.39 is 6.04 Å². The number of rotatable bonds is 6. The fourth-order valence-electron chi connectivity index (χ4n) is 3.96. The largest absolute Gasteiger partial charge is 0.497 e. The lowest BCUT2D eigenvalue weighted by Crippen LogP contribution is -2.51. The summed E-state index contributed by atoms with van der Waals surface area (Å²) >= 11 is 0. The molecule has 3 aromatic rings. The molecule has 166 valence electrons. The number of furan rings is 1. The first-order valence-corrected chi connectivity index (χ1v) is 10.6. The summed E-state index contributed by atoms with van der Waals surface area (Å²) in [4.78, 5) is 30.0. The van der Waals surface area contributed by atoms with E-state index in [-0.39, 0.29) is 11.8 Å². The molecule has 0 saturated carbocycles. The molecule has 4 rings (SSSR count). The maximum atomic E-state index is 13.4. The van der Waals surface area contributed by atoms with Crippen molar-refractivity contribution in [1.82, 2.24) is 9.80 Å². The lowest BCUT2D eigenvalue weighted by molar-refractivity contribution is -0.122. The van der Waals surface area contributed by atoms with E-state index >= 15 is 0 Å². The molecule has 1 N–H and O–H groups in total. The molecule has 2 aromatic carbocycles. The molecular weight excluding hydrogens is 406 g/mol. The topological polar surface area (TPSA) is 75.0 Å². The molecule has 1 aromatic heterocycles. The Morgan fingerprint density at radius 2 is 1.72 bits per heavy atom. The number of benzene rings is 2. The van der Waals surface area contributed by atoms with Crippen LogP contribution in [-0.4, -0.2) is 54.9 Å². The first kappa shape index (κ1) is 21.6. The number of carbonyl (C=O) groups excluding carboxylic acids is 2. The van der Waals surface area contributed by atoms with Gasteiger partial charge in [-0.25, -0.2) is 0 Å². The lowest BCUT2D eigenvalue weighted by atomic mass is 10.0. The molecule has 0 radical (unpaired) electrons. The average Bonchev–Trinajstić information content (AvgIpc) is 3.26. The Kier molecular flexibility index (Phi) is 6.56. The van der Waals surface area contributed by atoms with Gasteiger partial charge in [-0.1, -0.05) is 36.4 Å². The van der Waals surface area contributed by atoms with Crippen LogP contribution in [0, 0.1) is 6.92 Å². The maximum absolute atomic E-state index is 13.4. The predicted molar refractivity (Wildman–Crippen MR) is 122 cm³/mol. The smallest absolute Gasteiger partial charge is 0.289 e. The third-order valence-corrected chi connectivity index (χ3v) is 5.62. The molecule has 7 heteroatoms. The van der Waals surface area contributed by atoms with E-state index in [1.807, 2.05) is 55.5 Å². The summed E-state index contributed by atoms with van der Waals surface area (Å²) in [7, 11) is 1.60. The number of anilines is 1. The van der Waals surface area contributed by atoms with E-state index in [1.54, 1.807) is 30.2 Å². The Labute approximate surface area is 187 Å². The van der Waals surface area contributed by atoms with E-state index in [0.717, 1.165) is 5.56 Å². The monoisotopic (exact) mass is 433 g/mol. The highest BCUT2D eigenvalue weighted by molar-refractivity contribution is 5.96. The molecule has 0 spiro atoms. The zero-order chi connectivity index (χ0) is 22.5. The quantitative estimate of drug-likeness (QED) is 0.641. The van der Waals surface area contributed by atoms with Gasteiger partial charge < -0.3 is 19.4 Å². The molecule has 7 nitrogen and oxygen atoms in total. The van der Waals surface area contributed by atoms with Gasteiger partial charge in [0, 0.05) is 37.9 Å². The van der Waals surface area contributed by atoms with Crippen LogP contribution in [0.15, 0.2) is 71.1 Å². The molecule has 2 heterocycles. The minimum atomic E-state index is -0.467. The number of hydrogen-bond donors (Lipinski definition) is 1. The summed E-state index contributed by atoms with van der Waals surface area (Å²) in [6, 6.07) is 20.0. The predicted octanol–water partition coefficient (Wildman–Crippen LogP) is 3.73. The Bertz CT molecular complexity index is 1070. The highest BCUT2D eigenvalue weighted by Gasteiger charge is 2.32. The van der Waals surface area contributed by atoms with Crippen molar-refractivity contribution < 1.29 is 18.7 Å². The zero-order valence-corrected chi connectivity index (χ0v) is 18.3. The lowest BCUT2D eigenvalue weighted by Gasteiger charge is -2.38. The molecular formula is C25H27N3O4. The Morgan fingerprint density at radius 1 is 0.969 bits per heavy atom. The fourth-order valence-corrected chi connectivity index (χ4v) is 3.96. The van der Waals surface area contributed by atoms with Crippen molar-refractivity contribution in [1.29, 1.82) is 0 Å². The van der Waals surface area contributed by atoms with E-state index in [2.05, 4.69) is 10.2 Å². The van der Waals surface area contributed by atoms with E-state index in [4.69, 9.17) is 9.15 Å². The van der Waals surface area contributed by atoms with Gasteiger partial charge in [0.1, 0.15) is 17.6 Å². The number of methoxy groups -OCH3 is 1. The first-order valence-electron chi connectivity index (χ1n) is 10.6. The summed E-state index contributed by atoms with van der Waals surface area (Å²) in [6.45, 7) is 4.02. The van der Waals surface area contributed by atoms with E-state index in [9.17, 15) is 9.59 Å². The molecule has 0 aliphatic carbocycles. The molecule has 1 aliphatic rings. The number of amides is 2. The Morgan fingerprint density at radius 3 is 2.38 bits per heavy atom. The minimum absolute atomic E-state index is 0.116. The van der Waals surface area contributed by atoms with Crippen molar-refractivity contribution in [3.8, 4) is 5.75 Å². The fraction of sp³-hybridized carbons (Fsp3) is 0.280. The molecule has 32 heavy (non-hydrogen) atoms. The van der Waals surface area contributed by atoms with Crippen LogP contribution < -0.4 is 10.1 Å². The van der Waals surface area contributed by atoms with Crippen molar-refractivity contribution in [2.45, 2.75) is 13.0 Å². The van der Waals surface area contributed by atoms with Gasteiger partial charge in [0.15, 0.2) is 5.76 Å². The summed E-state index contributed by atoms with van der Waals surface area (Å²) in [5.41, 5.74) is 1.59. The number of ether oxygens (including phenoxy) is 1. The second kappa shape index (κ2) is 9.70. The normalized spacial score (nSPS) is 15.2. The van der Waals surface area contributed by atoms with E-state index in [0.29, 0.717) is 49.1 Å². The standard InChI is InChI=1S/C25H27N3O4/c1-18-11-12-22(32-18)25(30)28-15-13-27(14-16-28)23(19-7-4-3-5-8-19)24(29)26-20-9-6-10-21(17-20)31-2/h3-12,17,23H,13-16H2,1-2H3,(H,26,29). The molecule has 1 unspecified atom stereocenters. The van der Waals surface area contributed by atoms with Gasteiger partial charge in [0.25, 0.3) is 5.91 Å². The van der Waals surface area contributed by atoms with Gasteiger partial charge in [-0.05, 0) is 36.8 Å². The van der Waals surface area contributed by atoms with Crippen molar-refractivity contribution in [2.24, 2.45) is 0 Å². The van der Waals surface area contributed by atoms with Crippen LogP contribution >= 0.6 is 0 Å². The van der Waals surface area contributed by atoms with Gasteiger partial charge in [-0.3, -0.25) is 14.5 Å². The summed E-state index contributed by atoms with van der Waals surface area (Å²) in [5, 5.41) is 3.02. The van der Waals surface area contributed by atoms with Gasteiger partial charge in [-0.15, -0.1) is 0 Å². The molecule has 1 saturated heterocycles. The minimum Gasteiger partial charge on any atom is -0.497 e. The second-order valence-corrected chi connectivity index (χ2v) is 7.77. The van der Waals surface area contributed by atoms with Crippen molar-refractivity contribution in [3.63, 3.8) is 0 Å². The zero-order valence-electron chi connectivity index (χ0n) is 18.3. The van der Waals surface area contributed by atoms with Crippen LogP contribution in [0.5, 0.6) is 5.75 Å². The molecule has 1 atom stereocenters. The van der Waals surface area contributed by atoms with Crippen molar-refractivity contribution >= 4 is 17.5 Å². The van der Waals surface area contributed by atoms with Crippen molar-refractivity contribution in [3.05, 3.63) is 83.8 Å². The highest BCUT2D eigenvalue weighted by Crippen LogP contribution is 2.26. The first-order chi connectivity index (χ1) is 15.5. The van der Waals surface area contributed by atoms with Gasteiger partial charge in [-0.2, -0.15) is 0 Å². The van der Waals surface area contributed by atoms with Crippen LogP contribution in [-0.2, 0) is 4.79 Å². The van der Waals surface area contributed by atoms with Gasteiger partial charge in [0.2, 0.25) is 5.91 Å².